The summed E-state index contributed by atoms with van der Waals surface area (Å²) in [6, 6.07) is 6.89. The van der Waals surface area contributed by atoms with Crippen molar-refractivity contribution in [3.8, 4) is 0 Å². The van der Waals surface area contributed by atoms with Crippen LogP contribution in [-0.4, -0.2) is 24.0 Å². The summed E-state index contributed by atoms with van der Waals surface area (Å²) in [5.41, 5.74) is 6.60. The van der Waals surface area contributed by atoms with Crippen LogP contribution in [-0.2, 0) is 16.1 Å². The number of benzene rings is 1. The fraction of sp³-hybridized carbons (Fsp3) is 0.267. The first-order valence-electron chi connectivity index (χ1n) is 6.81. The van der Waals surface area contributed by atoms with Gasteiger partial charge < -0.3 is 15.8 Å². The molecular weight excluding hydrogens is 418 g/mol. The quantitative estimate of drug-likeness (QED) is 0.682. The molecule has 24 heavy (non-hydrogen) atoms. The second kappa shape index (κ2) is 9.73. The zero-order valence-electron chi connectivity index (χ0n) is 12.8. The maximum atomic E-state index is 12.3. The van der Waals surface area contributed by atoms with Crippen LogP contribution < -0.4 is 11.1 Å². The van der Waals surface area contributed by atoms with Crippen molar-refractivity contribution in [1.82, 2.24) is 10.3 Å². The van der Waals surface area contributed by atoms with Gasteiger partial charge in [0, 0.05) is 16.4 Å². The molecule has 6 nitrogen and oxygen atoms in total. The Morgan fingerprint density at radius 1 is 1.46 bits per heavy atom. The van der Waals surface area contributed by atoms with Crippen molar-refractivity contribution >= 4 is 51.6 Å². The minimum atomic E-state index is -0.504. The average Bonchev–Trinajstić information content (AvgIpc) is 3.03. The third kappa shape index (κ3) is 5.55. The molecule has 0 spiro atoms. The predicted molar refractivity (Wildman–Crippen MR) is 98.2 cm³/mol. The van der Waals surface area contributed by atoms with Crippen LogP contribution in [0.1, 0.15) is 33.5 Å². The SMILES string of the molecule is COC(=O)CC(NC(=O)c1csc(CN)n1)c1cccc(Br)c1.Cl. The molecule has 2 aromatic rings. The van der Waals surface area contributed by atoms with Gasteiger partial charge in [-0.05, 0) is 17.7 Å². The smallest absolute Gasteiger partial charge is 0.307 e. The van der Waals surface area contributed by atoms with Gasteiger partial charge in [0.1, 0.15) is 10.7 Å². The minimum absolute atomic E-state index is 0. The number of esters is 1. The summed E-state index contributed by atoms with van der Waals surface area (Å²) >= 11 is 4.71. The van der Waals surface area contributed by atoms with Gasteiger partial charge in [0.25, 0.3) is 5.91 Å². The molecule has 0 fully saturated rings. The molecule has 3 N–H and O–H groups in total. The predicted octanol–water partition coefficient (Wildman–Crippen LogP) is 2.82. The highest BCUT2D eigenvalue weighted by atomic mass is 79.9. The highest BCUT2D eigenvalue weighted by molar-refractivity contribution is 9.10. The number of hydrogen-bond acceptors (Lipinski definition) is 6. The molecule has 1 heterocycles. The molecule has 1 amide bonds. The second-order valence-corrected chi connectivity index (χ2v) is 6.55. The second-order valence-electron chi connectivity index (χ2n) is 4.69. The molecule has 130 valence electrons. The largest absolute Gasteiger partial charge is 0.469 e. The van der Waals surface area contributed by atoms with Crippen molar-refractivity contribution in [3.05, 3.63) is 50.4 Å². The fourth-order valence-corrected chi connectivity index (χ4v) is 3.04. The number of thiazole rings is 1. The van der Waals surface area contributed by atoms with E-state index in [-0.39, 0.29) is 31.3 Å². The number of nitrogens with one attached hydrogen (secondary N) is 1. The van der Waals surface area contributed by atoms with E-state index in [1.54, 1.807) is 5.38 Å². The Morgan fingerprint density at radius 3 is 2.79 bits per heavy atom. The summed E-state index contributed by atoms with van der Waals surface area (Å²) in [5, 5.41) is 5.15. The molecular formula is C15H17BrClN3O3S. The molecule has 2 rings (SSSR count). The van der Waals surface area contributed by atoms with Crippen molar-refractivity contribution in [3.63, 3.8) is 0 Å². The molecule has 0 aliphatic heterocycles. The third-order valence-electron chi connectivity index (χ3n) is 3.11. The van der Waals surface area contributed by atoms with Crippen LogP contribution in [0.25, 0.3) is 0 Å². The van der Waals surface area contributed by atoms with Gasteiger partial charge in [-0.2, -0.15) is 0 Å². The van der Waals surface area contributed by atoms with Gasteiger partial charge in [-0.15, -0.1) is 23.7 Å². The van der Waals surface area contributed by atoms with Gasteiger partial charge in [-0.3, -0.25) is 9.59 Å². The summed E-state index contributed by atoms with van der Waals surface area (Å²) in [4.78, 5) is 28.1. The number of nitrogens with zero attached hydrogens (tertiary/aromatic N) is 1. The number of methoxy groups -OCH3 is 1. The van der Waals surface area contributed by atoms with E-state index in [2.05, 4.69) is 26.2 Å². The average molecular weight is 435 g/mol. The zero-order valence-corrected chi connectivity index (χ0v) is 16.0. The van der Waals surface area contributed by atoms with Gasteiger partial charge in [-0.1, -0.05) is 28.1 Å². The molecule has 0 bridgehead atoms. The number of nitrogens with two attached hydrogens (primary N) is 1. The Bertz CT molecular complexity index is 711. The van der Waals surface area contributed by atoms with E-state index in [1.807, 2.05) is 24.3 Å². The highest BCUT2D eigenvalue weighted by Gasteiger charge is 2.21. The van der Waals surface area contributed by atoms with Gasteiger partial charge in [0.15, 0.2) is 0 Å². The normalized spacial score (nSPS) is 11.3. The number of rotatable bonds is 6. The van der Waals surface area contributed by atoms with Crippen molar-refractivity contribution in [2.75, 3.05) is 7.11 Å². The molecule has 0 saturated heterocycles. The highest BCUT2D eigenvalue weighted by Crippen LogP contribution is 2.22. The summed E-state index contributed by atoms with van der Waals surface area (Å²) in [7, 11) is 1.32. The van der Waals surface area contributed by atoms with Crippen LogP contribution >= 0.6 is 39.7 Å². The van der Waals surface area contributed by atoms with Crippen molar-refractivity contribution in [2.45, 2.75) is 19.0 Å². The van der Waals surface area contributed by atoms with E-state index in [1.165, 1.54) is 18.4 Å². The summed E-state index contributed by atoms with van der Waals surface area (Å²) in [6.07, 6.45) is 0.0343. The van der Waals surface area contributed by atoms with Crippen LogP contribution in [0.4, 0.5) is 0 Å². The Labute approximate surface area is 158 Å². The van der Waals surface area contributed by atoms with E-state index in [0.717, 1.165) is 10.0 Å². The van der Waals surface area contributed by atoms with E-state index in [0.29, 0.717) is 10.7 Å². The maximum Gasteiger partial charge on any atom is 0.307 e. The number of amides is 1. The van der Waals surface area contributed by atoms with Gasteiger partial charge in [-0.25, -0.2) is 4.98 Å². The molecule has 0 aliphatic carbocycles. The first-order valence-corrected chi connectivity index (χ1v) is 8.48. The first kappa shape index (κ1) is 20.6. The van der Waals surface area contributed by atoms with Crippen LogP contribution in [0.5, 0.6) is 0 Å². The lowest BCUT2D eigenvalue weighted by Gasteiger charge is -2.18. The number of carbonyl (C=O) groups excluding carboxylic acids is 2. The van der Waals surface area contributed by atoms with E-state index >= 15 is 0 Å². The summed E-state index contributed by atoms with van der Waals surface area (Å²) < 4.78 is 5.57. The molecule has 1 aromatic carbocycles. The van der Waals surface area contributed by atoms with Crippen LogP contribution in [0.15, 0.2) is 34.1 Å². The van der Waals surface area contributed by atoms with Gasteiger partial charge >= 0.3 is 5.97 Å². The third-order valence-corrected chi connectivity index (χ3v) is 4.48. The van der Waals surface area contributed by atoms with Crippen LogP contribution in [0.3, 0.4) is 0 Å². The number of ether oxygens (including phenoxy) is 1. The van der Waals surface area contributed by atoms with Crippen molar-refractivity contribution < 1.29 is 14.3 Å². The Morgan fingerprint density at radius 2 is 2.21 bits per heavy atom. The lowest BCUT2D eigenvalue weighted by Crippen LogP contribution is -2.30. The minimum Gasteiger partial charge on any atom is -0.469 e. The molecule has 1 unspecified atom stereocenters. The molecule has 9 heteroatoms. The maximum absolute atomic E-state index is 12.3. The fourth-order valence-electron chi connectivity index (χ4n) is 1.97. The number of carbonyl (C=O) groups is 2. The van der Waals surface area contributed by atoms with Gasteiger partial charge in [0.2, 0.25) is 0 Å². The number of halogens is 2. The number of aromatic nitrogens is 1. The standard InChI is InChI=1S/C15H16BrN3O3S.ClH/c1-22-14(20)6-11(9-3-2-4-10(16)5-9)19-15(21)12-8-23-13(7-17)18-12;/h2-5,8,11H,6-7,17H2,1H3,(H,19,21);1H. The lowest BCUT2D eigenvalue weighted by molar-refractivity contribution is -0.141. The van der Waals surface area contributed by atoms with E-state index < -0.39 is 12.0 Å². The Kier molecular flexibility index (Phi) is 8.34. The Hall–Kier alpha value is -1.48. The van der Waals surface area contributed by atoms with Crippen molar-refractivity contribution in [1.29, 1.82) is 0 Å². The summed E-state index contributed by atoms with van der Waals surface area (Å²) in [5.74, 6) is -0.758. The van der Waals surface area contributed by atoms with E-state index in [9.17, 15) is 9.59 Å². The van der Waals surface area contributed by atoms with Crippen molar-refractivity contribution in [2.24, 2.45) is 5.73 Å². The molecule has 1 aromatic heterocycles. The molecule has 0 radical (unpaired) electrons. The topological polar surface area (TPSA) is 94.3 Å². The number of hydrogen-bond donors (Lipinski definition) is 2. The van der Waals surface area contributed by atoms with E-state index in [4.69, 9.17) is 10.5 Å². The van der Waals surface area contributed by atoms with Crippen LogP contribution in [0, 0.1) is 0 Å². The molecule has 0 aliphatic rings. The Balaban J connectivity index is 0.00000288. The lowest BCUT2D eigenvalue weighted by atomic mass is 10.0. The monoisotopic (exact) mass is 433 g/mol. The van der Waals surface area contributed by atoms with Gasteiger partial charge in [0.05, 0.1) is 19.6 Å². The molecule has 1 atom stereocenters. The molecule has 0 saturated carbocycles. The van der Waals surface area contributed by atoms with Crippen LogP contribution in [0.2, 0.25) is 0 Å². The zero-order chi connectivity index (χ0) is 16.8. The summed E-state index contributed by atoms with van der Waals surface area (Å²) in [6.45, 7) is 0.287. The first-order chi connectivity index (χ1) is 11.0.